The van der Waals surface area contributed by atoms with E-state index in [1.807, 2.05) is 0 Å². The van der Waals surface area contributed by atoms with Crippen LogP contribution >= 0.6 is 0 Å². The number of hydrogen-bond donors (Lipinski definition) is 3. The molecule has 0 saturated carbocycles. The van der Waals surface area contributed by atoms with Crippen LogP contribution in [0.2, 0.25) is 0 Å². The Hall–Kier alpha value is -1.73. The molecule has 0 aliphatic heterocycles. The highest BCUT2D eigenvalue weighted by molar-refractivity contribution is 5.88. The number of nitrogens with two attached hydrogens (primary N) is 1. The molecule has 15 heavy (non-hydrogen) atoms. The van der Waals surface area contributed by atoms with Crippen LogP contribution in [0.15, 0.2) is 12.5 Å². The molecule has 0 saturated heterocycles. The third kappa shape index (κ3) is 3.49. The van der Waals surface area contributed by atoms with Crippen molar-refractivity contribution in [2.75, 3.05) is 6.61 Å². The second kappa shape index (κ2) is 5.23. The van der Waals surface area contributed by atoms with Crippen molar-refractivity contribution in [3.63, 3.8) is 0 Å². The van der Waals surface area contributed by atoms with Crippen molar-refractivity contribution in [2.45, 2.75) is 12.5 Å². The zero-order valence-corrected chi connectivity index (χ0v) is 7.84. The minimum absolute atomic E-state index is 0.192. The minimum atomic E-state index is -1.01. The zero-order chi connectivity index (χ0) is 11.3. The van der Waals surface area contributed by atoms with Crippen LogP contribution in [0.4, 0.5) is 0 Å². The summed E-state index contributed by atoms with van der Waals surface area (Å²) in [5.74, 6) is -1.89. The van der Waals surface area contributed by atoms with Crippen LogP contribution < -0.4 is 5.73 Å². The van der Waals surface area contributed by atoms with Gasteiger partial charge in [0.15, 0.2) is 0 Å². The first-order valence-electron chi connectivity index (χ1n) is 4.21. The smallest absolute Gasteiger partial charge is 0.339 e. The Kier molecular flexibility index (Phi) is 3.95. The Bertz CT molecular complexity index is 336. The molecule has 0 radical (unpaired) electrons. The van der Waals surface area contributed by atoms with Gasteiger partial charge < -0.3 is 20.6 Å². The molecular weight excluding hydrogens is 202 g/mol. The van der Waals surface area contributed by atoms with E-state index in [0.717, 1.165) is 0 Å². The van der Waals surface area contributed by atoms with Crippen LogP contribution in [-0.4, -0.2) is 39.7 Å². The number of esters is 2. The number of nitrogens with one attached hydrogen (secondary N) is 1. The molecule has 1 rings (SSSR count). The molecule has 0 bridgehead atoms. The van der Waals surface area contributed by atoms with Gasteiger partial charge in [0.1, 0.15) is 12.6 Å². The molecule has 4 N–H and O–H groups in total. The number of ether oxygens (including phenoxy) is 1. The second-order valence-electron chi connectivity index (χ2n) is 2.84. The van der Waals surface area contributed by atoms with Crippen LogP contribution in [0.1, 0.15) is 5.69 Å². The van der Waals surface area contributed by atoms with Crippen molar-refractivity contribution in [1.29, 1.82) is 0 Å². The quantitative estimate of drug-likeness (QED) is 0.407. The first kappa shape index (κ1) is 11.3. The fourth-order valence-corrected chi connectivity index (χ4v) is 0.937. The number of nitrogens with zero attached hydrogens (tertiary/aromatic N) is 1. The van der Waals surface area contributed by atoms with Crippen LogP contribution in [0.5, 0.6) is 0 Å². The minimum Gasteiger partial charge on any atom is -0.390 e. The van der Waals surface area contributed by atoms with Crippen molar-refractivity contribution in [3.05, 3.63) is 18.2 Å². The Labute approximate surface area is 85.3 Å². The molecule has 0 aromatic carbocycles. The van der Waals surface area contributed by atoms with Crippen molar-refractivity contribution in [1.82, 2.24) is 9.97 Å². The lowest BCUT2D eigenvalue weighted by molar-refractivity contribution is -0.162. The number of carbonyl (C=O) groups excluding carboxylic acids is 2. The largest absolute Gasteiger partial charge is 0.390 e. The summed E-state index contributed by atoms with van der Waals surface area (Å²) in [6.07, 6.45) is 3.16. The lowest BCUT2D eigenvalue weighted by Crippen LogP contribution is -2.36. The number of imidazole rings is 1. The monoisotopic (exact) mass is 213 g/mol. The van der Waals surface area contributed by atoms with Crippen LogP contribution in [-0.2, 0) is 20.7 Å². The van der Waals surface area contributed by atoms with Gasteiger partial charge in [-0.05, 0) is 0 Å². The summed E-state index contributed by atoms with van der Waals surface area (Å²) in [6.45, 7) is -0.845. The maximum atomic E-state index is 11.1. The molecular formula is C8H11N3O4. The molecule has 82 valence electrons. The molecule has 0 aliphatic carbocycles. The average Bonchev–Trinajstić information content (AvgIpc) is 2.70. The Morgan fingerprint density at radius 3 is 2.93 bits per heavy atom. The van der Waals surface area contributed by atoms with Gasteiger partial charge in [-0.2, -0.15) is 0 Å². The molecule has 0 aliphatic rings. The molecule has 1 heterocycles. The predicted molar refractivity (Wildman–Crippen MR) is 48.5 cm³/mol. The highest BCUT2D eigenvalue weighted by atomic mass is 16.6. The van der Waals surface area contributed by atoms with Gasteiger partial charge in [-0.3, -0.25) is 0 Å². The molecule has 1 aromatic heterocycles. The van der Waals surface area contributed by atoms with Crippen molar-refractivity contribution in [3.8, 4) is 0 Å². The first-order valence-corrected chi connectivity index (χ1v) is 4.21. The summed E-state index contributed by atoms with van der Waals surface area (Å²) in [5, 5.41) is 8.34. The van der Waals surface area contributed by atoms with Gasteiger partial charge in [0.25, 0.3) is 0 Å². The summed E-state index contributed by atoms with van der Waals surface area (Å²) in [7, 11) is 0. The summed E-state index contributed by atoms with van der Waals surface area (Å²) in [5.41, 5.74) is 6.12. The molecule has 0 fully saturated rings. The van der Waals surface area contributed by atoms with Crippen molar-refractivity contribution in [2.24, 2.45) is 5.73 Å². The first-order chi connectivity index (χ1) is 7.13. The van der Waals surface area contributed by atoms with Gasteiger partial charge in [0.05, 0.1) is 6.33 Å². The maximum absolute atomic E-state index is 11.1. The molecule has 0 unspecified atom stereocenters. The number of rotatable bonds is 4. The van der Waals surface area contributed by atoms with Crippen molar-refractivity contribution >= 4 is 11.9 Å². The normalized spacial score (nSPS) is 12.1. The molecule has 0 amide bonds. The Balaban J connectivity index is 2.43. The highest BCUT2D eigenvalue weighted by Gasteiger charge is 2.19. The standard InChI is InChI=1S/C8H11N3O4/c9-6(1-5-2-10-4-11-5)8(14)15-7(13)3-12/h2,4,6,12H,1,3,9H2,(H,10,11)/t6-/m0/s1. The highest BCUT2D eigenvalue weighted by Crippen LogP contribution is 1.98. The Morgan fingerprint density at radius 1 is 1.67 bits per heavy atom. The van der Waals surface area contributed by atoms with Crippen LogP contribution in [0, 0.1) is 0 Å². The van der Waals surface area contributed by atoms with E-state index in [2.05, 4.69) is 14.7 Å². The molecule has 1 aromatic rings. The van der Waals surface area contributed by atoms with Gasteiger partial charge >= 0.3 is 11.9 Å². The lowest BCUT2D eigenvalue weighted by Gasteiger charge is -2.07. The number of hydrogen-bond acceptors (Lipinski definition) is 6. The fraction of sp³-hybridized carbons (Fsp3) is 0.375. The average molecular weight is 213 g/mol. The van der Waals surface area contributed by atoms with Gasteiger partial charge in [0.2, 0.25) is 0 Å². The third-order valence-corrected chi connectivity index (χ3v) is 1.64. The topological polar surface area (TPSA) is 118 Å². The predicted octanol–water partition coefficient (Wildman–Crippen LogP) is -1.66. The molecule has 7 nitrogen and oxygen atoms in total. The maximum Gasteiger partial charge on any atom is 0.339 e. The van der Waals surface area contributed by atoms with E-state index in [9.17, 15) is 9.59 Å². The number of aliphatic hydroxyl groups excluding tert-OH is 1. The van der Waals surface area contributed by atoms with Crippen LogP contribution in [0.3, 0.4) is 0 Å². The van der Waals surface area contributed by atoms with E-state index in [1.54, 1.807) is 0 Å². The van der Waals surface area contributed by atoms with E-state index >= 15 is 0 Å². The summed E-state index contributed by atoms with van der Waals surface area (Å²) >= 11 is 0. The summed E-state index contributed by atoms with van der Waals surface area (Å²) < 4.78 is 4.22. The molecule has 7 heteroatoms. The van der Waals surface area contributed by atoms with Gasteiger partial charge in [-0.1, -0.05) is 0 Å². The van der Waals surface area contributed by atoms with E-state index in [4.69, 9.17) is 10.8 Å². The van der Waals surface area contributed by atoms with Crippen LogP contribution in [0.25, 0.3) is 0 Å². The molecule has 0 spiro atoms. The van der Waals surface area contributed by atoms with E-state index in [0.29, 0.717) is 5.69 Å². The second-order valence-corrected chi connectivity index (χ2v) is 2.84. The summed E-state index contributed by atoms with van der Waals surface area (Å²) in [4.78, 5) is 28.2. The van der Waals surface area contributed by atoms with Gasteiger partial charge in [-0.25, -0.2) is 14.6 Å². The fourth-order valence-electron chi connectivity index (χ4n) is 0.937. The zero-order valence-electron chi connectivity index (χ0n) is 7.84. The summed E-state index contributed by atoms with van der Waals surface area (Å²) in [6, 6.07) is -0.957. The SMILES string of the molecule is N[C@@H](Cc1cnc[nH]1)C(=O)OC(=O)CO. The van der Waals surface area contributed by atoms with E-state index in [1.165, 1.54) is 12.5 Å². The lowest BCUT2D eigenvalue weighted by atomic mass is 10.2. The van der Waals surface area contributed by atoms with Gasteiger partial charge in [0, 0.05) is 18.3 Å². The molecule has 1 atom stereocenters. The Morgan fingerprint density at radius 2 is 2.40 bits per heavy atom. The number of H-pyrrole nitrogens is 1. The number of carbonyl (C=O) groups is 2. The van der Waals surface area contributed by atoms with Gasteiger partial charge in [-0.15, -0.1) is 0 Å². The van der Waals surface area contributed by atoms with E-state index < -0.39 is 24.6 Å². The number of aromatic amines is 1. The number of aromatic nitrogens is 2. The van der Waals surface area contributed by atoms with Crippen molar-refractivity contribution < 1.29 is 19.4 Å². The van der Waals surface area contributed by atoms with E-state index in [-0.39, 0.29) is 6.42 Å². The number of aliphatic hydroxyl groups is 1. The third-order valence-electron chi connectivity index (χ3n) is 1.64.